The molecule has 0 radical (unpaired) electrons. The monoisotopic (exact) mass is 506 g/mol. The number of ether oxygens (including phenoxy) is 1. The lowest BCUT2D eigenvalue weighted by Crippen LogP contribution is -2.25. The average Bonchev–Trinajstić information content (AvgIpc) is 2.80. The van der Waals surface area contributed by atoms with Gasteiger partial charge in [0.05, 0.1) is 12.5 Å². The first-order valence-electron chi connectivity index (χ1n) is 10.6. The van der Waals surface area contributed by atoms with Gasteiger partial charge < -0.3 is 20.5 Å². The van der Waals surface area contributed by atoms with Crippen molar-refractivity contribution in [3.63, 3.8) is 0 Å². The van der Waals surface area contributed by atoms with Crippen molar-refractivity contribution in [1.82, 2.24) is 5.32 Å². The second-order valence-electron chi connectivity index (χ2n) is 7.62. The van der Waals surface area contributed by atoms with Gasteiger partial charge in [0.1, 0.15) is 5.75 Å². The van der Waals surface area contributed by atoms with Crippen LogP contribution in [-0.4, -0.2) is 29.9 Å². The molecule has 0 aliphatic carbocycles. The van der Waals surface area contributed by atoms with E-state index in [-0.39, 0.29) is 24.8 Å². The smallest absolute Gasteiger partial charge is 0.481 e. The van der Waals surface area contributed by atoms with Crippen LogP contribution in [0.4, 0.5) is 18.9 Å². The van der Waals surface area contributed by atoms with Crippen LogP contribution in [0, 0.1) is 0 Å². The van der Waals surface area contributed by atoms with Gasteiger partial charge >= 0.3 is 12.3 Å². The maximum Gasteiger partial charge on any atom is 0.573 e. The quantitative estimate of drug-likeness (QED) is 0.321. The topological polar surface area (TPSA) is 87.7 Å². The Labute approximate surface area is 204 Å². The number of alkyl halides is 3. The molecule has 10 heteroatoms. The van der Waals surface area contributed by atoms with E-state index < -0.39 is 18.2 Å². The van der Waals surface area contributed by atoms with Crippen LogP contribution < -0.4 is 15.4 Å². The summed E-state index contributed by atoms with van der Waals surface area (Å²) in [7, 11) is 0. The second-order valence-corrected chi connectivity index (χ2v) is 8.06. The second kappa shape index (κ2) is 11.6. The molecule has 0 heterocycles. The highest BCUT2D eigenvalue weighted by Crippen LogP contribution is 2.28. The molecule has 0 saturated carbocycles. The molecule has 3 aromatic carbocycles. The number of benzene rings is 3. The van der Waals surface area contributed by atoms with E-state index in [1.54, 1.807) is 48.5 Å². The van der Waals surface area contributed by atoms with Gasteiger partial charge in [-0.2, -0.15) is 0 Å². The third kappa shape index (κ3) is 8.53. The first kappa shape index (κ1) is 25.9. The lowest BCUT2D eigenvalue weighted by Gasteiger charge is -2.21. The number of aliphatic carboxylic acids is 1. The fourth-order valence-electron chi connectivity index (χ4n) is 3.31. The first-order chi connectivity index (χ1) is 16.6. The molecule has 0 fully saturated rings. The first-order valence-corrected chi connectivity index (χ1v) is 10.9. The lowest BCUT2D eigenvalue weighted by atomic mass is 9.98. The van der Waals surface area contributed by atoms with Gasteiger partial charge in [0.25, 0.3) is 5.91 Å². The number of hydrogen-bond donors (Lipinski definition) is 3. The van der Waals surface area contributed by atoms with E-state index in [0.717, 1.165) is 11.1 Å². The zero-order chi connectivity index (χ0) is 25.4. The molecule has 1 unspecified atom stereocenters. The van der Waals surface area contributed by atoms with Crippen molar-refractivity contribution in [1.29, 1.82) is 0 Å². The van der Waals surface area contributed by atoms with E-state index in [2.05, 4.69) is 15.4 Å². The highest BCUT2D eigenvalue weighted by Gasteiger charge is 2.31. The highest BCUT2D eigenvalue weighted by molar-refractivity contribution is 6.30. The van der Waals surface area contributed by atoms with Gasteiger partial charge in [-0.1, -0.05) is 35.9 Å². The van der Waals surface area contributed by atoms with Crippen LogP contribution in [0.5, 0.6) is 5.75 Å². The third-order valence-corrected chi connectivity index (χ3v) is 5.23. The molecule has 0 saturated heterocycles. The zero-order valence-electron chi connectivity index (χ0n) is 18.3. The van der Waals surface area contributed by atoms with Crippen molar-refractivity contribution in [2.75, 3.05) is 11.9 Å². The van der Waals surface area contributed by atoms with Crippen LogP contribution in [0.3, 0.4) is 0 Å². The van der Waals surface area contributed by atoms with Gasteiger partial charge in [0.2, 0.25) is 0 Å². The molecule has 3 rings (SSSR count). The summed E-state index contributed by atoms with van der Waals surface area (Å²) in [6.07, 6.45) is -4.44. The maximum atomic E-state index is 12.5. The van der Waals surface area contributed by atoms with Gasteiger partial charge in [0.15, 0.2) is 0 Å². The van der Waals surface area contributed by atoms with Crippen LogP contribution in [0.15, 0.2) is 72.8 Å². The van der Waals surface area contributed by atoms with Crippen molar-refractivity contribution < 1.29 is 32.6 Å². The number of carbonyl (C=O) groups is 2. The van der Waals surface area contributed by atoms with Crippen LogP contribution in [0.2, 0.25) is 5.02 Å². The normalized spacial score (nSPS) is 12.0. The number of carbonyl (C=O) groups excluding carboxylic acids is 1. The standard InChI is InChI=1S/C25H22ClF3N2O4/c26-19-7-1-16(2-8-19)15-22(17-5-11-21(12-6-17)35-25(27,28)29)31-20-9-3-18(4-10-20)24(34)30-14-13-23(32)33/h1-12,22,31H,13-15H2,(H,30,34)(H,32,33). The number of nitrogens with one attached hydrogen (secondary N) is 2. The predicted molar refractivity (Wildman–Crippen MR) is 126 cm³/mol. The van der Waals surface area contributed by atoms with Gasteiger partial charge in [-0.3, -0.25) is 9.59 Å². The number of anilines is 1. The Kier molecular flexibility index (Phi) is 8.59. The zero-order valence-corrected chi connectivity index (χ0v) is 19.1. The minimum atomic E-state index is -4.77. The fourth-order valence-corrected chi connectivity index (χ4v) is 3.44. The molecule has 0 bridgehead atoms. The highest BCUT2D eigenvalue weighted by atomic mass is 35.5. The Hall–Kier alpha value is -3.72. The van der Waals surface area contributed by atoms with Gasteiger partial charge in [-0.15, -0.1) is 13.2 Å². The average molecular weight is 507 g/mol. The Balaban J connectivity index is 1.76. The molecule has 184 valence electrons. The van der Waals surface area contributed by atoms with E-state index in [1.165, 1.54) is 12.1 Å². The molecular weight excluding hydrogens is 485 g/mol. The van der Waals surface area contributed by atoms with Crippen molar-refractivity contribution >= 4 is 29.2 Å². The lowest BCUT2D eigenvalue weighted by molar-refractivity contribution is -0.274. The molecular formula is C25H22ClF3N2O4. The Bertz CT molecular complexity index is 1140. The number of carboxylic acid groups (broad SMARTS) is 1. The van der Waals surface area contributed by atoms with E-state index in [0.29, 0.717) is 22.7 Å². The van der Waals surface area contributed by atoms with Crippen LogP contribution in [0.1, 0.15) is 33.9 Å². The molecule has 6 nitrogen and oxygen atoms in total. The summed E-state index contributed by atoms with van der Waals surface area (Å²) in [5, 5.41) is 15.1. The van der Waals surface area contributed by atoms with Crippen molar-refractivity contribution in [3.05, 3.63) is 94.5 Å². The predicted octanol–water partition coefficient (Wildman–Crippen LogP) is 5.84. The molecule has 3 aromatic rings. The summed E-state index contributed by atoms with van der Waals surface area (Å²) in [6.45, 7) is 0.0192. The van der Waals surface area contributed by atoms with Crippen molar-refractivity contribution in [2.24, 2.45) is 0 Å². The Morgan fingerprint density at radius 3 is 2.14 bits per heavy atom. The summed E-state index contributed by atoms with van der Waals surface area (Å²) >= 11 is 5.97. The summed E-state index contributed by atoms with van der Waals surface area (Å²) in [5.41, 5.74) is 2.73. The molecule has 0 spiro atoms. The molecule has 0 aliphatic heterocycles. The summed E-state index contributed by atoms with van der Waals surface area (Å²) in [4.78, 5) is 22.7. The summed E-state index contributed by atoms with van der Waals surface area (Å²) < 4.78 is 41.5. The maximum absolute atomic E-state index is 12.5. The summed E-state index contributed by atoms with van der Waals surface area (Å²) in [6, 6.07) is 19.1. The minimum Gasteiger partial charge on any atom is -0.481 e. The van der Waals surface area contributed by atoms with Gasteiger partial charge in [-0.25, -0.2) is 0 Å². The van der Waals surface area contributed by atoms with Crippen molar-refractivity contribution in [3.8, 4) is 5.75 Å². The SMILES string of the molecule is O=C(O)CCNC(=O)c1ccc(NC(Cc2ccc(Cl)cc2)c2ccc(OC(F)(F)F)cc2)cc1. The molecule has 1 amide bonds. The minimum absolute atomic E-state index is 0.0192. The van der Waals surface area contributed by atoms with E-state index in [4.69, 9.17) is 16.7 Å². The number of halogens is 4. The fraction of sp³-hybridized carbons (Fsp3) is 0.200. The summed E-state index contributed by atoms with van der Waals surface area (Å²) in [5.74, 6) is -1.71. The van der Waals surface area contributed by atoms with E-state index in [1.807, 2.05) is 12.1 Å². The molecule has 1 atom stereocenters. The van der Waals surface area contributed by atoms with Crippen LogP contribution in [0.25, 0.3) is 0 Å². The molecule has 3 N–H and O–H groups in total. The number of hydrogen-bond acceptors (Lipinski definition) is 4. The number of amides is 1. The van der Waals surface area contributed by atoms with Crippen LogP contribution >= 0.6 is 11.6 Å². The van der Waals surface area contributed by atoms with Crippen molar-refractivity contribution in [2.45, 2.75) is 25.2 Å². The largest absolute Gasteiger partial charge is 0.573 e. The van der Waals surface area contributed by atoms with Gasteiger partial charge in [0, 0.05) is 22.8 Å². The Morgan fingerprint density at radius 2 is 1.57 bits per heavy atom. The van der Waals surface area contributed by atoms with E-state index >= 15 is 0 Å². The third-order valence-electron chi connectivity index (χ3n) is 4.98. The molecule has 0 aromatic heterocycles. The number of rotatable bonds is 10. The van der Waals surface area contributed by atoms with E-state index in [9.17, 15) is 22.8 Å². The molecule has 0 aliphatic rings. The number of carboxylic acids is 1. The molecule has 35 heavy (non-hydrogen) atoms. The Morgan fingerprint density at radius 1 is 0.943 bits per heavy atom. The van der Waals surface area contributed by atoms with Gasteiger partial charge in [-0.05, 0) is 66.1 Å². The van der Waals surface area contributed by atoms with Crippen LogP contribution in [-0.2, 0) is 11.2 Å².